The summed E-state index contributed by atoms with van der Waals surface area (Å²) in [6, 6.07) is 13.4. The molecule has 3 aromatic rings. The summed E-state index contributed by atoms with van der Waals surface area (Å²) in [5.41, 5.74) is 0.788. The summed E-state index contributed by atoms with van der Waals surface area (Å²) in [4.78, 5) is 0. The van der Waals surface area contributed by atoms with Gasteiger partial charge in [-0.05, 0) is 41.3 Å². The maximum atomic E-state index is 14.5. The minimum Gasteiger partial charge on any atom is -0.497 e. The van der Waals surface area contributed by atoms with Crippen LogP contribution in [0.5, 0.6) is 11.5 Å². The third-order valence-electron chi connectivity index (χ3n) is 3.76. The van der Waals surface area contributed by atoms with Crippen LogP contribution in [0.25, 0.3) is 21.9 Å². The Bertz CT molecular complexity index is 886. The van der Waals surface area contributed by atoms with Crippen LogP contribution in [0, 0.1) is 11.6 Å². The van der Waals surface area contributed by atoms with Crippen LogP contribution < -0.4 is 9.47 Å². The molecule has 3 rings (SSSR count). The van der Waals surface area contributed by atoms with Crippen LogP contribution in [-0.4, -0.2) is 13.7 Å². The highest BCUT2D eigenvalue weighted by Crippen LogP contribution is 2.33. The van der Waals surface area contributed by atoms with Gasteiger partial charge in [0.15, 0.2) is 11.6 Å². The van der Waals surface area contributed by atoms with Crippen molar-refractivity contribution in [3.63, 3.8) is 0 Å². The number of fused-ring (bicyclic) bond motifs is 1. The number of ether oxygens (including phenoxy) is 2. The Labute approximate surface area is 138 Å². The first kappa shape index (κ1) is 16.0. The van der Waals surface area contributed by atoms with Crippen LogP contribution in [0.1, 0.15) is 0 Å². The van der Waals surface area contributed by atoms with Crippen LogP contribution in [0.3, 0.4) is 0 Å². The van der Waals surface area contributed by atoms with Crippen molar-refractivity contribution in [3.05, 3.63) is 72.8 Å². The van der Waals surface area contributed by atoms with Crippen LogP contribution >= 0.6 is 0 Å². The molecule has 0 amide bonds. The van der Waals surface area contributed by atoms with E-state index in [0.29, 0.717) is 29.1 Å². The second-order valence-electron chi connectivity index (χ2n) is 5.26. The standard InChI is InChI=1S/C20H16F2O2/c1-3-10-24-15-7-4-13(5-8-15)17-11-14-6-9-16(23-2)12-18(14)20(22)19(17)21/h3-9,11-12H,1,10H2,2H3. The molecule has 0 saturated heterocycles. The van der Waals surface area contributed by atoms with Gasteiger partial charge in [-0.1, -0.05) is 30.9 Å². The van der Waals surface area contributed by atoms with Crippen molar-refractivity contribution < 1.29 is 18.3 Å². The van der Waals surface area contributed by atoms with E-state index in [1.807, 2.05) is 0 Å². The smallest absolute Gasteiger partial charge is 0.167 e. The number of rotatable bonds is 5. The zero-order valence-electron chi connectivity index (χ0n) is 13.2. The highest BCUT2D eigenvalue weighted by Gasteiger charge is 2.15. The van der Waals surface area contributed by atoms with E-state index in [0.717, 1.165) is 0 Å². The lowest BCUT2D eigenvalue weighted by Gasteiger charge is -2.10. The maximum absolute atomic E-state index is 14.5. The monoisotopic (exact) mass is 326 g/mol. The Hall–Kier alpha value is -2.88. The summed E-state index contributed by atoms with van der Waals surface area (Å²) in [5, 5.41) is 0.804. The minimum absolute atomic E-state index is 0.196. The number of benzene rings is 3. The third-order valence-corrected chi connectivity index (χ3v) is 3.76. The molecule has 4 heteroatoms. The number of hydrogen-bond donors (Lipinski definition) is 0. The van der Waals surface area contributed by atoms with Gasteiger partial charge in [-0.15, -0.1) is 0 Å². The van der Waals surface area contributed by atoms with Gasteiger partial charge >= 0.3 is 0 Å². The summed E-state index contributed by atoms with van der Waals surface area (Å²) >= 11 is 0. The van der Waals surface area contributed by atoms with Crippen LogP contribution in [-0.2, 0) is 0 Å². The molecule has 0 saturated carbocycles. The molecule has 0 aromatic heterocycles. The first-order valence-electron chi connectivity index (χ1n) is 7.44. The van der Waals surface area contributed by atoms with Crippen molar-refractivity contribution in [3.8, 4) is 22.6 Å². The van der Waals surface area contributed by atoms with Crippen molar-refractivity contribution in [1.82, 2.24) is 0 Å². The summed E-state index contributed by atoms with van der Waals surface area (Å²) in [7, 11) is 1.49. The summed E-state index contributed by atoms with van der Waals surface area (Å²) in [6.45, 7) is 3.97. The Balaban J connectivity index is 2.06. The predicted octanol–water partition coefficient (Wildman–Crippen LogP) is 5.36. The molecule has 122 valence electrons. The molecule has 0 atom stereocenters. The lowest BCUT2D eigenvalue weighted by Crippen LogP contribution is -1.94. The van der Waals surface area contributed by atoms with Gasteiger partial charge in [0.2, 0.25) is 0 Å². The van der Waals surface area contributed by atoms with E-state index in [4.69, 9.17) is 9.47 Å². The molecule has 3 aromatic carbocycles. The molecular formula is C20H16F2O2. The van der Waals surface area contributed by atoms with Gasteiger partial charge in [0.05, 0.1) is 7.11 Å². The molecule has 0 bridgehead atoms. The van der Waals surface area contributed by atoms with E-state index in [2.05, 4.69) is 6.58 Å². The molecule has 0 unspecified atom stereocenters. The number of hydrogen-bond acceptors (Lipinski definition) is 2. The van der Waals surface area contributed by atoms with Gasteiger partial charge in [0.25, 0.3) is 0 Å². The van der Waals surface area contributed by atoms with Gasteiger partial charge in [-0.25, -0.2) is 8.78 Å². The Kier molecular flexibility index (Phi) is 4.47. The van der Waals surface area contributed by atoms with Crippen molar-refractivity contribution in [2.24, 2.45) is 0 Å². The molecule has 0 aliphatic heterocycles. The number of methoxy groups -OCH3 is 1. The van der Waals surface area contributed by atoms with Gasteiger partial charge in [0.1, 0.15) is 18.1 Å². The van der Waals surface area contributed by atoms with E-state index in [9.17, 15) is 8.78 Å². The summed E-state index contributed by atoms with van der Waals surface area (Å²) in [6.07, 6.45) is 1.64. The fraction of sp³-hybridized carbons (Fsp3) is 0.100. The average molecular weight is 326 g/mol. The molecule has 0 heterocycles. The van der Waals surface area contributed by atoms with E-state index in [1.54, 1.807) is 48.5 Å². The molecule has 0 N–H and O–H groups in total. The van der Waals surface area contributed by atoms with Gasteiger partial charge < -0.3 is 9.47 Å². The van der Waals surface area contributed by atoms with Crippen LogP contribution in [0.4, 0.5) is 8.78 Å². The molecular weight excluding hydrogens is 310 g/mol. The Morgan fingerprint density at radius 2 is 1.67 bits per heavy atom. The SMILES string of the molecule is C=CCOc1ccc(-c2cc3ccc(OC)cc3c(F)c2F)cc1. The maximum Gasteiger partial charge on any atom is 0.167 e. The zero-order chi connectivity index (χ0) is 17.1. The van der Waals surface area contributed by atoms with Crippen molar-refractivity contribution in [2.75, 3.05) is 13.7 Å². The van der Waals surface area contributed by atoms with Gasteiger partial charge in [-0.2, -0.15) is 0 Å². The lowest BCUT2D eigenvalue weighted by atomic mass is 9.99. The Morgan fingerprint density at radius 1 is 0.958 bits per heavy atom. The van der Waals surface area contributed by atoms with E-state index in [1.165, 1.54) is 13.2 Å². The molecule has 0 aliphatic rings. The van der Waals surface area contributed by atoms with Gasteiger partial charge in [-0.3, -0.25) is 0 Å². The Morgan fingerprint density at radius 3 is 2.33 bits per heavy atom. The third kappa shape index (κ3) is 2.95. The van der Waals surface area contributed by atoms with Crippen LogP contribution in [0.15, 0.2) is 61.2 Å². The molecule has 2 nitrogen and oxygen atoms in total. The van der Waals surface area contributed by atoms with Crippen molar-refractivity contribution in [1.29, 1.82) is 0 Å². The van der Waals surface area contributed by atoms with Crippen LogP contribution in [0.2, 0.25) is 0 Å². The molecule has 0 spiro atoms. The first-order chi connectivity index (χ1) is 11.6. The normalized spacial score (nSPS) is 10.6. The van der Waals surface area contributed by atoms with E-state index < -0.39 is 11.6 Å². The molecule has 0 radical (unpaired) electrons. The molecule has 24 heavy (non-hydrogen) atoms. The fourth-order valence-electron chi connectivity index (χ4n) is 2.53. The topological polar surface area (TPSA) is 18.5 Å². The quantitative estimate of drug-likeness (QED) is 0.588. The fourth-order valence-corrected chi connectivity index (χ4v) is 2.53. The lowest BCUT2D eigenvalue weighted by molar-refractivity contribution is 0.363. The predicted molar refractivity (Wildman–Crippen MR) is 91.5 cm³/mol. The second-order valence-corrected chi connectivity index (χ2v) is 5.26. The van der Waals surface area contributed by atoms with Crippen molar-refractivity contribution >= 4 is 10.8 Å². The van der Waals surface area contributed by atoms with E-state index >= 15 is 0 Å². The second kappa shape index (κ2) is 6.71. The molecule has 0 fully saturated rings. The summed E-state index contributed by atoms with van der Waals surface area (Å²) in [5.74, 6) is -0.633. The zero-order valence-corrected chi connectivity index (χ0v) is 13.2. The highest BCUT2D eigenvalue weighted by molar-refractivity contribution is 5.89. The van der Waals surface area contributed by atoms with Gasteiger partial charge in [0, 0.05) is 10.9 Å². The average Bonchev–Trinajstić information content (AvgIpc) is 2.63. The first-order valence-corrected chi connectivity index (χ1v) is 7.44. The highest BCUT2D eigenvalue weighted by atomic mass is 19.2. The largest absolute Gasteiger partial charge is 0.497 e. The van der Waals surface area contributed by atoms with E-state index in [-0.39, 0.29) is 10.9 Å². The molecule has 0 aliphatic carbocycles. The van der Waals surface area contributed by atoms with Crippen molar-refractivity contribution in [2.45, 2.75) is 0 Å². The minimum atomic E-state index is -0.881. The number of halogens is 2. The summed E-state index contributed by atoms with van der Waals surface area (Å²) < 4.78 is 39.4.